The van der Waals surface area contributed by atoms with Gasteiger partial charge in [-0.25, -0.2) is 4.79 Å². The molecule has 0 radical (unpaired) electrons. The predicted molar refractivity (Wildman–Crippen MR) is 73.1 cm³/mol. The lowest BCUT2D eigenvalue weighted by molar-refractivity contribution is -0.146. The van der Waals surface area contributed by atoms with E-state index in [0.29, 0.717) is 5.75 Å². The van der Waals surface area contributed by atoms with Gasteiger partial charge in [0.1, 0.15) is 17.0 Å². The van der Waals surface area contributed by atoms with Crippen molar-refractivity contribution in [1.82, 2.24) is 5.32 Å². The van der Waals surface area contributed by atoms with Gasteiger partial charge in [-0.2, -0.15) is 0 Å². The lowest BCUT2D eigenvalue weighted by atomic mass is 10.1. The molecule has 0 unspecified atom stereocenters. The van der Waals surface area contributed by atoms with Gasteiger partial charge in [-0.05, 0) is 44.5 Å². The molecule has 0 spiro atoms. The molecule has 0 aliphatic heterocycles. The van der Waals surface area contributed by atoms with Gasteiger partial charge in [0, 0.05) is 0 Å². The number of benzene rings is 1. The van der Waals surface area contributed by atoms with Crippen molar-refractivity contribution in [2.24, 2.45) is 0 Å². The topological polar surface area (TPSA) is 84.9 Å². The summed E-state index contributed by atoms with van der Waals surface area (Å²) in [5.74, 6) is -0.350. The van der Waals surface area contributed by atoms with E-state index in [1.807, 2.05) is 6.92 Å². The fourth-order valence-corrected chi connectivity index (χ4v) is 1.53. The Balaban J connectivity index is 2.57. The number of hydrogen-bond donors (Lipinski definition) is 2. The zero-order valence-corrected chi connectivity index (χ0v) is 12.0. The smallest absolute Gasteiger partial charge is 0.328 e. The Morgan fingerprint density at radius 1 is 1.35 bits per heavy atom. The first kappa shape index (κ1) is 15.8. The second kappa shape index (κ2) is 6.27. The summed E-state index contributed by atoms with van der Waals surface area (Å²) in [7, 11) is 1.57. The van der Waals surface area contributed by atoms with Gasteiger partial charge >= 0.3 is 5.97 Å². The maximum absolute atomic E-state index is 11.6. The van der Waals surface area contributed by atoms with Crippen molar-refractivity contribution in [3.05, 3.63) is 23.8 Å². The van der Waals surface area contributed by atoms with Crippen molar-refractivity contribution in [2.75, 3.05) is 13.7 Å². The van der Waals surface area contributed by atoms with E-state index < -0.39 is 17.4 Å². The zero-order chi connectivity index (χ0) is 15.3. The first-order valence-electron chi connectivity index (χ1n) is 6.08. The predicted octanol–water partition coefficient (Wildman–Crippen LogP) is 1.36. The number of hydrogen-bond acceptors (Lipinski definition) is 4. The number of carboxylic acids is 1. The quantitative estimate of drug-likeness (QED) is 0.822. The normalized spacial score (nSPS) is 10.8. The van der Waals surface area contributed by atoms with Gasteiger partial charge in [0.25, 0.3) is 5.91 Å². The van der Waals surface area contributed by atoms with E-state index in [1.165, 1.54) is 13.8 Å². The molecule has 0 aliphatic rings. The Bertz CT molecular complexity index is 510. The zero-order valence-electron chi connectivity index (χ0n) is 12.0. The standard InChI is InChI=1S/C14H19NO5/c1-9-7-10(5-6-11(9)19-4)20-8-12(16)15-14(2,3)13(17)18/h5-7H,8H2,1-4H3,(H,15,16)(H,17,18). The first-order chi connectivity index (χ1) is 9.26. The lowest BCUT2D eigenvalue weighted by Gasteiger charge is -2.21. The average Bonchev–Trinajstić information content (AvgIpc) is 2.35. The van der Waals surface area contributed by atoms with Crippen molar-refractivity contribution < 1.29 is 24.2 Å². The third-order valence-corrected chi connectivity index (χ3v) is 2.72. The van der Waals surface area contributed by atoms with Gasteiger partial charge < -0.3 is 19.9 Å². The molecule has 6 heteroatoms. The number of methoxy groups -OCH3 is 1. The Morgan fingerprint density at radius 2 is 2.00 bits per heavy atom. The Hall–Kier alpha value is -2.24. The number of amides is 1. The third-order valence-electron chi connectivity index (χ3n) is 2.72. The molecule has 0 saturated carbocycles. The van der Waals surface area contributed by atoms with E-state index in [0.717, 1.165) is 11.3 Å². The largest absolute Gasteiger partial charge is 0.496 e. The molecule has 1 rings (SSSR count). The minimum Gasteiger partial charge on any atom is -0.496 e. The molecule has 0 atom stereocenters. The van der Waals surface area contributed by atoms with Crippen LogP contribution in [-0.2, 0) is 9.59 Å². The molecule has 0 bridgehead atoms. The molecule has 0 fully saturated rings. The van der Waals surface area contributed by atoms with Crippen LogP contribution in [0.1, 0.15) is 19.4 Å². The highest BCUT2D eigenvalue weighted by molar-refractivity contribution is 5.86. The molecule has 110 valence electrons. The summed E-state index contributed by atoms with van der Waals surface area (Å²) in [6, 6.07) is 5.17. The summed E-state index contributed by atoms with van der Waals surface area (Å²) >= 11 is 0. The molecule has 0 aliphatic carbocycles. The van der Waals surface area contributed by atoms with Crippen LogP contribution in [-0.4, -0.2) is 36.2 Å². The highest BCUT2D eigenvalue weighted by Crippen LogP contribution is 2.22. The van der Waals surface area contributed by atoms with Crippen LogP contribution < -0.4 is 14.8 Å². The number of aliphatic carboxylic acids is 1. The second-order valence-corrected chi connectivity index (χ2v) is 4.90. The summed E-state index contributed by atoms with van der Waals surface area (Å²) in [4.78, 5) is 22.5. The number of carboxylic acid groups (broad SMARTS) is 1. The van der Waals surface area contributed by atoms with Gasteiger partial charge in [-0.15, -0.1) is 0 Å². The van der Waals surface area contributed by atoms with Crippen LogP contribution >= 0.6 is 0 Å². The fraction of sp³-hybridized carbons (Fsp3) is 0.429. The Morgan fingerprint density at radius 3 is 2.50 bits per heavy atom. The second-order valence-electron chi connectivity index (χ2n) is 4.90. The minimum absolute atomic E-state index is 0.248. The number of ether oxygens (including phenoxy) is 2. The molecular weight excluding hydrogens is 262 g/mol. The fourth-order valence-electron chi connectivity index (χ4n) is 1.53. The van der Waals surface area contributed by atoms with Crippen LogP contribution in [0.15, 0.2) is 18.2 Å². The van der Waals surface area contributed by atoms with Crippen molar-refractivity contribution in [1.29, 1.82) is 0 Å². The number of carbonyl (C=O) groups excluding carboxylic acids is 1. The Labute approximate surface area is 117 Å². The number of nitrogens with one attached hydrogen (secondary N) is 1. The molecule has 1 aromatic carbocycles. The van der Waals surface area contributed by atoms with E-state index in [9.17, 15) is 9.59 Å². The maximum atomic E-state index is 11.6. The van der Waals surface area contributed by atoms with Crippen LogP contribution in [0.25, 0.3) is 0 Å². The summed E-state index contributed by atoms with van der Waals surface area (Å²) in [6.45, 7) is 4.43. The van der Waals surface area contributed by atoms with Crippen molar-refractivity contribution in [3.63, 3.8) is 0 Å². The van der Waals surface area contributed by atoms with Crippen molar-refractivity contribution in [3.8, 4) is 11.5 Å². The van der Waals surface area contributed by atoms with Crippen LogP contribution in [0.2, 0.25) is 0 Å². The van der Waals surface area contributed by atoms with Crippen LogP contribution in [0.4, 0.5) is 0 Å². The van der Waals surface area contributed by atoms with E-state index in [1.54, 1.807) is 25.3 Å². The number of carbonyl (C=O) groups is 2. The van der Waals surface area contributed by atoms with Gasteiger partial charge in [-0.1, -0.05) is 0 Å². The minimum atomic E-state index is -1.32. The molecule has 0 heterocycles. The average molecular weight is 281 g/mol. The molecular formula is C14H19NO5. The van der Waals surface area contributed by atoms with Gasteiger partial charge in [-0.3, -0.25) is 4.79 Å². The molecule has 20 heavy (non-hydrogen) atoms. The Kier molecular flexibility index (Phi) is 4.96. The SMILES string of the molecule is COc1ccc(OCC(=O)NC(C)(C)C(=O)O)cc1C. The number of aryl methyl sites for hydroxylation is 1. The van der Waals surface area contributed by atoms with E-state index in [-0.39, 0.29) is 6.61 Å². The summed E-state index contributed by atoms with van der Waals surface area (Å²) in [5.41, 5.74) is -0.438. The highest BCUT2D eigenvalue weighted by Gasteiger charge is 2.28. The van der Waals surface area contributed by atoms with Gasteiger partial charge in [0.05, 0.1) is 7.11 Å². The summed E-state index contributed by atoms with van der Waals surface area (Å²) < 4.78 is 10.4. The van der Waals surface area contributed by atoms with Crippen LogP contribution in [0, 0.1) is 6.92 Å². The van der Waals surface area contributed by atoms with E-state index in [2.05, 4.69) is 5.32 Å². The maximum Gasteiger partial charge on any atom is 0.328 e. The van der Waals surface area contributed by atoms with Crippen LogP contribution in [0.3, 0.4) is 0 Å². The monoisotopic (exact) mass is 281 g/mol. The lowest BCUT2D eigenvalue weighted by Crippen LogP contribution is -2.51. The van der Waals surface area contributed by atoms with Crippen molar-refractivity contribution >= 4 is 11.9 Å². The molecule has 0 aromatic heterocycles. The van der Waals surface area contributed by atoms with Crippen molar-refractivity contribution in [2.45, 2.75) is 26.3 Å². The molecule has 1 amide bonds. The summed E-state index contributed by atoms with van der Waals surface area (Å²) in [5, 5.41) is 11.3. The van der Waals surface area contributed by atoms with Gasteiger partial charge in [0.15, 0.2) is 6.61 Å². The molecule has 2 N–H and O–H groups in total. The summed E-state index contributed by atoms with van der Waals surface area (Å²) in [6.07, 6.45) is 0. The molecule has 6 nitrogen and oxygen atoms in total. The van der Waals surface area contributed by atoms with E-state index >= 15 is 0 Å². The third kappa shape index (κ3) is 4.15. The molecule has 1 aromatic rings. The number of rotatable bonds is 6. The van der Waals surface area contributed by atoms with E-state index in [4.69, 9.17) is 14.6 Å². The van der Waals surface area contributed by atoms with Gasteiger partial charge in [0.2, 0.25) is 0 Å². The first-order valence-corrected chi connectivity index (χ1v) is 6.08. The molecule has 0 saturated heterocycles. The van der Waals surface area contributed by atoms with Crippen LogP contribution in [0.5, 0.6) is 11.5 Å². The highest BCUT2D eigenvalue weighted by atomic mass is 16.5.